The second-order valence-electron chi connectivity index (χ2n) is 19.1. The average Bonchev–Trinajstić information content (AvgIpc) is 3.83. The number of carbonyl (C=O) groups excluding carboxylic acids is 2. The van der Waals surface area contributed by atoms with Gasteiger partial charge in [-0.15, -0.1) is 0 Å². The van der Waals surface area contributed by atoms with E-state index in [-0.39, 0.29) is 22.6 Å². The number of hydrogen-bond donors (Lipinski definition) is 4. The van der Waals surface area contributed by atoms with Crippen molar-refractivity contribution in [1.29, 1.82) is 0 Å². The monoisotopic (exact) mass is 968 g/mol. The molecule has 2 aromatic heterocycles. The third-order valence-corrected chi connectivity index (χ3v) is 16.2. The van der Waals surface area contributed by atoms with E-state index in [1.165, 1.54) is 44.5 Å². The number of aryl methyl sites for hydroxylation is 4. The number of carbonyl (C=O) groups is 2. The van der Waals surface area contributed by atoms with Crippen molar-refractivity contribution in [3.8, 4) is 11.1 Å². The fraction of sp³-hybridized carbons (Fsp3) is 0.296. The summed E-state index contributed by atoms with van der Waals surface area (Å²) in [6, 6.07) is 37.3. The predicted molar refractivity (Wildman–Crippen MR) is 268 cm³/mol. The number of benzene rings is 4. The van der Waals surface area contributed by atoms with Crippen LogP contribution in [0.2, 0.25) is 0 Å². The molecule has 6 aromatic rings. The number of nitrogens with two attached hydrogens (primary N) is 2. The SMILES string of the molecule is CN1C(=O)C2(N=C1N)c1cc(-c3cccnc3)ccc1CC21CCc2ccccc2CC1.CN1C(=O)C2(N=C1N)c1cc(Br)ccc1CC21CCc2ccccc2CC1.OB(O)c1cccnc1. The molecule has 0 bridgehead atoms. The van der Waals surface area contributed by atoms with E-state index in [0.717, 1.165) is 90.9 Å². The maximum Gasteiger partial charge on any atom is 0.490 e. The first-order valence-electron chi connectivity index (χ1n) is 23.3. The van der Waals surface area contributed by atoms with Crippen LogP contribution < -0.4 is 16.9 Å². The van der Waals surface area contributed by atoms with Gasteiger partial charge in [0.25, 0.3) is 11.8 Å². The highest BCUT2D eigenvalue weighted by Crippen LogP contribution is 2.62. The Bertz CT molecular complexity index is 2950. The molecule has 4 heterocycles. The van der Waals surface area contributed by atoms with Crippen molar-refractivity contribution in [2.75, 3.05) is 14.1 Å². The predicted octanol–water partition coefficient (Wildman–Crippen LogP) is 6.17. The Balaban J connectivity index is 0.000000136. The maximum atomic E-state index is 13.9. The van der Waals surface area contributed by atoms with Gasteiger partial charge in [-0.05, 0) is 150 Å². The molecule has 4 aliphatic carbocycles. The fourth-order valence-electron chi connectivity index (χ4n) is 12.1. The topological polar surface area (TPSA) is 184 Å². The number of guanidine groups is 2. The largest absolute Gasteiger partial charge is 0.490 e. The van der Waals surface area contributed by atoms with Crippen LogP contribution in [-0.2, 0) is 59.2 Å². The molecule has 68 heavy (non-hydrogen) atoms. The Morgan fingerprint density at radius 2 is 1.01 bits per heavy atom. The Hall–Kier alpha value is -6.48. The number of pyridine rings is 2. The van der Waals surface area contributed by atoms with Crippen LogP contribution in [0.1, 0.15) is 70.2 Å². The van der Waals surface area contributed by atoms with Gasteiger partial charge in [0.05, 0.1) is 0 Å². The standard InChI is InChI=1S/C27H26N4O.C22H22BrN3O.C5H6BNO2/c1-31-24(32)27(30-25(31)28)23-15-20(22-7-4-14-29-17-22)8-9-21(23)16-26(27)12-10-18-5-2-3-6-19(18)11-13-26;1-26-19(27)22(25-20(26)24)18-12-17(23)7-6-16(18)13-21(22)10-8-14-4-2-3-5-15(14)9-11-21;8-6(9)5-2-1-3-7-4-5/h2-9,14-15,17H,10-13,16H2,1H3,(H2,28,30);2-7,12H,8-11,13H2,1H3,(H2,24,25);1-4,8-9H. The van der Waals surface area contributed by atoms with E-state index >= 15 is 0 Å². The van der Waals surface area contributed by atoms with Crippen LogP contribution >= 0.6 is 15.9 Å². The highest BCUT2D eigenvalue weighted by molar-refractivity contribution is 9.10. The minimum absolute atomic E-state index is 0.00282. The zero-order valence-corrected chi connectivity index (χ0v) is 39.9. The summed E-state index contributed by atoms with van der Waals surface area (Å²) in [6.45, 7) is 0. The molecule has 0 saturated carbocycles. The second kappa shape index (κ2) is 17.6. The molecular formula is C54H54BBrN8O4. The summed E-state index contributed by atoms with van der Waals surface area (Å²) in [4.78, 5) is 48.5. The molecule has 12 rings (SSSR count). The van der Waals surface area contributed by atoms with E-state index in [2.05, 4.69) is 117 Å². The molecule has 2 atom stereocenters. The first-order chi connectivity index (χ1) is 32.8. The van der Waals surface area contributed by atoms with Gasteiger partial charge < -0.3 is 21.5 Å². The molecule has 0 radical (unpaired) electrons. The summed E-state index contributed by atoms with van der Waals surface area (Å²) < 4.78 is 0.978. The van der Waals surface area contributed by atoms with Gasteiger partial charge in [-0.2, -0.15) is 0 Å². The Kier molecular flexibility index (Phi) is 11.7. The first-order valence-corrected chi connectivity index (χ1v) is 24.1. The average molecular weight is 970 g/mol. The van der Waals surface area contributed by atoms with Crippen molar-refractivity contribution >= 4 is 52.2 Å². The Morgan fingerprint density at radius 1 is 0.559 bits per heavy atom. The number of amides is 2. The molecule has 12 nitrogen and oxygen atoms in total. The lowest BCUT2D eigenvalue weighted by atomic mass is 9.65. The molecular weight excluding hydrogens is 915 g/mol. The quantitative estimate of drug-likeness (QED) is 0.149. The summed E-state index contributed by atoms with van der Waals surface area (Å²) in [6.07, 6.45) is 15.9. The van der Waals surface area contributed by atoms with Crippen molar-refractivity contribution in [2.45, 2.75) is 75.3 Å². The number of hydrogen-bond acceptors (Lipinski definition) is 10. The van der Waals surface area contributed by atoms with Crippen molar-refractivity contribution in [1.82, 2.24) is 19.8 Å². The fourth-order valence-corrected chi connectivity index (χ4v) is 12.5. The van der Waals surface area contributed by atoms with Crippen molar-refractivity contribution in [3.63, 3.8) is 0 Å². The highest BCUT2D eigenvalue weighted by atomic mass is 79.9. The van der Waals surface area contributed by atoms with Crippen LogP contribution in [0, 0.1) is 10.8 Å². The van der Waals surface area contributed by atoms with Crippen LogP contribution in [0.25, 0.3) is 11.1 Å². The molecule has 14 heteroatoms. The smallest absolute Gasteiger partial charge is 0.423 e. The third kappa shape index (κ3) is 7.26. The van der Waals surface area contributed by atoms with Crippen LogP contribution in [0.15, 0.2) is 148 Å². The van der Waals surface area contributed by atoms with Crippen LogP contribution in [0.4, 0.5) is 0 Å². The van der Waals surface area contributed by atoms with E-state index in [0.29, 0.717) is 17.4 Å². The molecule has 4 aromatic carbocycles. The maximum absolute atomic E-state index is 13.9. The van der Waals surface area contributed by atoms with Gasteiger partial charge in [-0.25, -0.2) is 9.98 Å². The molecule has 0 fully saturated rings. The molecule has 2 amide bonds. The van der Waals surface area contributed by atoms with Gasteiger partial charge in [0.2, 0.25) is 0 Å². The lowest BCUT2D eigenvalue weighted by molar-refractivity contribution is -0.136. The minimum atomic E-state index is -1.40. The van der Waals surface area contributed by atoms with Gasteiger partial charge in [-0.1, -0.05) is 94.8 Å². The number of aromatic nitrogens is 2. The molecule has 6 N–H and O–H groups in total. The normalized spacial score (nSPS) is 22.2. The number of rotatable bonds is 2. The lowest BCUT2D eigenvalue weighted by Gasteiger charge is -2.40. The van der Waals surface area contributed by atoms with Crippen LogP contribution in [0.3, 0.4) is 0 Å². The minimum Gasteiger partial charge on any atom is -0.423 e. The number of aliphatic imine (C=N–C) groups is 2. The summed E-state index contributed by atoms with van der Waals surface area (Å²) >= 11 is 3.59. The van der Waals surface area contributed by atoms with Gasteiger partial charge in [0, 0.05) is 59.6 Å². The first kappa shape index (κ1) is 45.3. The van der Waals surface area contributed by atoms with Gasteiger partial charge in [0.15, 0.2) is 23.0 Å². The zero-order chi connectivity index (χ0) is 47.4. The Morgan fingerprint density at radius 3 is 1.41 bits per heavy atom. The van der Waals surface area contributed by atoms with Gasteiger partial charge in [-0.3, -0.25) is 29.4 Å². The summed E-state index contributed by atoms with van der Waals surface area (Å²) in [5.41, 5.74) is 22.7. The van der Waals surface area contributed by atoms with E-state index < -0.39 is 18.2 Å². The van der Waals surface area contributed by atoms with Crippen molar-refractivity contribution < 1.29 is 19.6 Å². The van der Waals surface area contributed by atoms with Gasteiger partial charge >= 0.3 is 7.12 Å². The number of nitrogens with zero attached hydrogens (tertiary/aromatic N) is 6. The molecule has 2 unspecified atom stereocenters. The van der Waals surface area contributed by atoms with E-state index in [1.807, 2.05) is 12.3 Å². The third-order valence-electron chi connectivity index (χ3n) is 15.7. The summed E-state index contributed by atoms with van der Waals surface area (Å²) in [7, 11) is 2.09. The van der Waals surface area contributed by atoms with Gasteiger partial charge in [0.1, 0.15) is 0 Å². The lowest BCUT2D eigenvalue weighted by Crippen LogP contribution is -2.49. The van der Waals surface area contributed by atoms with Crippen molar-refractivity contribution in [3.05, 3.63) is 183 Å². The van der Waals surface area contributed by atoms with E-state index in [9.17, 15) is 9.59 Å². The summed E-state index contributed by atoms with van der Waals surface area (Å²) in [5, 5.41) is 17.1. The molecule has 4 spiro atoms. The molecule has 2 aliphatic heterocycles. The van der Waals surface area contributed by atoms with Crippen LogP contribution in [-0.4, -0.2) is 74.8 Å². The number of halogens is 1. The van der Waals surface area contributed by atoms with Crippen LogP contribution in [0.5, 0.6) is 0 Å². The second-order valence-corrected chi connectivity index (χ2v) is 20.0. The molecule has 0 saturated heterocycles. The number of fused-ring (bicyclic) bond motifs is 8. The summed E-state index contributed by atoms with van der Waals surface area (Å²) in [5.74, 6) is 0.663. The molecule has 344 valence electrons. The molecule has 6 aliphatic rings. The highest BCUT2D eigenvalue weighted by Gasteiger charge is 2.67. The zero-order valence-electron chi connectivity index (χ0n) is 38.3. The van der Waals surface area contributed by atoms with Crippen molar-refractivity contribution in [2.24, 2.45) is 32.3 Å². The number of likely N-dealkylation sites (N-methyl/N-ethyl adjacent to an activating group) is 2. The van der Waals surface area contributed by atoms with E-state index in [1.54, 1.807) is 43.5 Å². The van der Waals surface area contributed by atoms with E-state index in [4.69, 9.17) is 31.5 Å². The Labute approximate surface area is 405 Å².